The minimum atomic E-state index is -0.100. The maximum Gasteiger partial charge on any atom is 0.257 e. The molecule has 1 N–H and O–H groups in total. The molecule has 0 fully saturated rings. The van der Waals surface area contributed by atoms with Crippen LogP contribution in [0.3, 0.4) is 0 Å². The lowest BCUT2D eigenvalue weighted by Gasteiger charge is -2.27. The van der Waals surface area contributed by atoms with E-state index in [0.717, 1.165) is 17.7 Å². The van der Waals surface area contributed by atoms with E-state index in [9.17, 15) is 9.90 Å². The van der Waals surface area contributed by atoms with Crippen molar-refractivity contribution in [2.24, 2.45) is 7.05 Å². The fraction of sp³-hybridized carbons (Fsp3) is 0.385. The molecule has 0 saturated heterocycles. The predicted octanol–water partition coefficient (Wildman–Crippen LogP) is 0.704. The van der Waals surface area contributed by atoms with Crippen molar-refractivity contribution in [3.05, 3.63) is 41.1 Å². The molecule has 2 aromatic heterocycles. The molecule has 1 aliphatic heterocycles. The number of aromatic nitrogens is 2. The first kappa shape index (κ1) is 12.0. The highest BCUT2D eigenvalue weighted by Crippen LogP contribution is 2.23. The highest BCUT2D eigenvalue weighted by atomic mass is 16.3. The molecule has 0 spiro atoms. The summed E-state index contributed by atoms with van der Waals surface area (Å²) in [6.07, 6.45) is 3.70. The summed E-state index contributed by atoms with van der Waals surface area (Å²) in [4.78, 5) is 14.0. The summed E-state index contributed by atoms with van der Waals surface area (Å²) in [7, 11) is 1.87. The minimum Gasteiger partial charge on any atom is -0.472 e. The first-order chi connectivity index (χ1) is 9.20. The minimum absolute atomic E-state index is 0.0489. The SMILES string of the molecule is Cn1nc(CO)c2c1CCN(C(=O)c1ccoc1)C2. The van der Waals surface area contributed by atoms with E-state index in [2.05, 4.69) is 5.10 Å². The topological polar surface area (TPSA) is 71.5 Å². The Balaban J connectivity index is 1.88. The highest BCUT2D eigenvalue weighted by molar-refractivity contribution is 5.93. The Labute approximate surface area is 110 Å². The van der Waals surface area contributed by atoms with E-state index in [1.165, 1.54) is 12.5 Å². The second kappa shape index (κ2) is 4.55. The Morgan fingerprint density at radius 2 is 2.42 bits per heavy atom. The number of hydrogen-bond acceptors (Lipinski definition) is 4. The van der Waals surface area contributed by atoms with Crippen molar-refractivity contribution in [2.45, 2.75) is 19.6 Å². The summed E-state index contributed by atoms with van der Waals surface area (Å²) in [6, 6.07) is 1.66. The van der Waals surface area contributed by atoms with Gasteiger partial charge >= 0.3 is 0 Å². The van der Waals surface area contributed by atoms with Crippen LogP contribution >= 0.6 is 0 Å². The van der Waals surface area contributed by atoms with Crippen LogP contribution < -0.4 is 0 Å². The van der Waals surface area contributed by atoms with Gasteiger partial charge < -0.3 is 14.4 Å². The average molecular weight is 261 g/mol. The Morgan fingerprint density at radius 3 is 3.11 bits per heavy atom. The van der Waals surface area contributed by atoms with Crippen LogP contribution in [0.25, 0.3) is 0 Å². The number of carbonyl (C=O) groups excluding carboxylic acids is 1. The molecule has 1 aliphatic rings. The third-order valence-electron chi connectivity index (χ3n) is 3.53. The molecule has 6 nitrogen and oxygen atoms in total. The number of aliphatic hydroxyl groups excluding tert-OH is 1. The summed E-state index contributed by atoms with van der Waals surface area (Å²) in [5.41, 5.74) is 3.27. The van der Waals surface area contributed by atoms with E-state index in [-0.39, 0.29) is 12.5 Å². The van der Waals surface area contributed by atoms with E-state index in [1.807, 2.05) is 7.05 Å². The van der Waals surface area contributed by atoms with Crippen molar-refractivity contribution in [3.63, 3.8) is 0 Å². The van der Waals surface area contributed by atoms with E-state index in [0.29, 0.717) is 24.3 Å². The van der Waals surface area contributed by atoms with E-state index < -0.39 is 0 Å². The zero-order valence-electron chi connectivity index (χ0n) is 10.7. The molecule has 0 radical (unpaired) electrons. The second-order valence-corrected chi connectivity index (χ2v) is 4.64. The smallest absolute Gasteiger partial charge is 0.257 e. The molecule has 0 bridgehead atoms. The van der Waals surface area contributed by atoms with E-state index in [1.54, 1.807) is 15.6 Å². The maximum absolute atomic E-state index is 12.3. The van der Waals surface area contributed by atoms with Gasteiger partial charge in [0.25, 0.3) is 5.91 Å². The predicted molar refractivity (Wildman–Crippen MR) is 66.3 cm³/mol. The summed E-state index contributed by atoms with van der Waals surface area (Å²) in [6.45, 7) is 1.04. The number of rotatable bonds is 2. The average Bonchev–Trinajstić information content (AvgIpc) is 3.06. The molecule has 2 aromatic rings. The van der Waals surface area contributed by atoms with Gasteiger partial charge in [-0.3, -0.25) is 9.48 Å². The van der Waals surface area contributed by atoms with Crippen molar-refractivity contribution in [1.82, 2.24) is 14.7 Å². The molecule has 0 atom stereocenters. The molecule has 0 aromatic carbocycles. The molecule has 0 unspecified atom stereocenters. The van der Waals surface area contributed by atoms with Gasteiger partial charge in [-0.2, -0.15) is 5.10 Å². The number of hydrogen-bond donors (Lipinski definition) is 1. The summed E-state index contributed by atoms with van der Waals surface area (Å²) in [5, 5.41) is 13.6. The molecule has 100 valence electrons. The van der Waals surface area contributed by atoms with Crippen LogP contribution in [-0.2, 0) is 26.6 Å². The quantitative estimate of drug-likeness (QED) is 0.864. The Bertz CT molecular complexity index is 601. The second-order valence-electron chi connectivity index (χ2n) is 4.64. The summed E-state index contributed by atoms with van der Waals surface area (Å²) in [5.74, 6) is -0.0489. The third-order valence-corrected chi connectivity index (χ3v) is 3.53. The van der Waals surface area contributed by atoms with Crippen LogP contribution in [-0.4, -0.2) is 32.2 Å². The molecule has 1 amide bonds. The van der Waals surface area contributed by atoms with Crippen molar-refractivity contribution in [3.8, 4) is 0 Å². The van der Waals surface area contributed by atoms with Crippen LogP contribution in [0, 0.1) is 0 Å². The standard InChI is InChI=1S/C13H15N3O3/c1-15-12-2-4-16(6-10(12)11(7-17)14-15)13(18)9-3-5-19-8-9/h3,5,8,17H,2,4,6-7H2,1H3. The van der Waals surface area contributed by atoms with Gasteiger partial charge in [-0.1, -0.05) is 0 Å². The molecule has 6 heteroatoms. The number of aliphatic hydroxyl groups is 1. The zero-order chi connectivity index (χ0) is 13.4. The highest BCUT2D eigenvalue weighted by Gasteiger charge is 2.27. The number of amides is 1. The normalized spacial score (nSPS) is 14.5. The van der Waals surface area contributed by atoms with Gasteiger partial charge in [0.15, 0.2) is 0 Å². The zero-order valence-corrected chi connectivity index (χ0v) is 10.7. The van der Waals surface area contributed by atoms with Crippen molar-refractivity contribution < 1.29 is 14.3 Å². The fourth-order valence-corrected chi connectivity index (χ4v) is 2.54. The van der Waals surface area contributed by atoms with Crippen LogP contribution in [0.2, 0.25) is 0 Å². The molecule has 3 rings (SSSR count). The van der Waals surface area contributed by atoms with Gasteiger partial charge in [-0.15, -0.1) is 0 Å². The van der Waals surface area contributed by atoms with Crippen molar-refractivity contribution in [2.75, 3.05) is 6.54 Å². The fourth-order valence-electron chi connectivity index (χ4n) is 2.54. The number of carbonyl (C=O) groups is 1. The lowest BCUT2D eigenvalue weighted by atomic mass is 10.0. The van der Waals surface area contributed by atoms with Crippen LogP contribution in [0.1, 0.15) is 27.3 Å². The Hall–Kier alpha value is -2.08. The first-order valence-electron chi connectivity index (χ1n) is 6.16. The Kier molecular flexibility index (Phi) is 2.87. The van der Waals surface area contributed by atoms with Gasteiger partial charge in [0.2, 0.25) is 0 Å². The summed E-state index contributed by atoms with van der Waals surface area (Å²) < 4.78 is 6.73. The lowest BCUT2D eigenvalue weighted by molar-refractivity contribution is 0.0731. The molecular formula is C13H15N3O3. The number of aryl methyl sites for hydroxylation is 1. The number of furan rings is 1. The van der Waals surface area contributed by atoms with Gasteiger partial charge in [0, 0.05) is 37.8 Å². The molecular weight excluding hydrogens is 246 g/mol. The van der Waals surface area contributed by atoms with Crippen LogP contribution in [0.15, 0.2) is 23.0 Å². The number of nitrogens with zero attached hydrogens (tertiary/aromatic N) is 3. The van der Waals surface area contributed by atoms with Crippen LogP contribution in [0.4, 0.5) is 0 Å². The van der Waals surface area contributed by atoms with Crippen molar-refractivity contribution >= 4 is 5.91 Å². The van der Waals surface area contributed by atoms with Gasteiger partial charge in [0.1, 0.15) is 6.26 Å². The van der Waals surface area contributed by atoms with Gasteiger partial charge in [-0.05, 0) is 6.07 Å². The first-order valence-corrected chi connectivity index (χ1v) is 6.16. The van der Waals surface area contributed by atoms with Gasteiger partial charge in [0.05, 0.1) is 24.1 Å². The Morgan fingerprint density at radius 1 is 1.58 bits per heavy atom. The molecule has 0 saturated carbocycles. The molecule has 0 aliphatic carbocycles. The molecule has 19 heavy (non-hydrogen) atoms. The lowest BCUT2D eigenvalue weighted by Crippen LogP contribution is -2.36. The maximum atomic E-state index is 12.3. The third kappa shape index (κ3) is 1.94. The van der Waals surface area contributed by atoms with E-state index in [4.69, 9.17) is 4.42 Å². The van der Waals surface area contributed by atoms with Crippen LogP contribution in [0.5, 0.6) is 0 Å². The largest absolute Gasteiger partial charge is 0.472 e. The number of fused-ring (bicyclic) bond motifs is 1. The van der Waals surface area contributed by atoms with Gasteiger partial charge in [-0.25, -0.2) is 0 Å². The van der Waals surface area contributed by atoms with E-state index >= 15 is 0 Å². The summed E-state index contributed by atoms with van der Waals surface area (Å²) >= 11 is 0. The monoisotopic (exact) mass is 261 g/mol. The molecule has 3 heterocycles. The van der Waals surface area contributed by atoms with Crippen molar-refractivity contribution in [1.29, 1.82) is 0 Å².